The second-order valence-corrected chi connectivity index (χ2v) is 5.11. The van der Waals surface area contributed by atoms with Crippen molar-refractivity contribution in [2.24, 2.45) is 5.41 Å². The van der Waals surface area contributed by atoms with Gasteiger partial charge in [-0.05, 0) is 30.7 Å². The number of nitrogens with zero attached hydrogens (tertiary/aromatic N) is 2. The fraction of sp³-hybridized carbons (Fsp3) is 0.538. The van der Waals surface area contributed by atoms with Gasteiger partial charge in [-0.25, -0.2) is 4.98 Å². The summed E-state index contributed by atoms with van der Waals surface area (Å²) in [6, 6.07) is 3.67. The molecule has 1 heterocycles. The number of ether oxygens (including phenoxy) is 1. The molecule has 0 bridgehead atoms. The standard InChI is InChI=1S/C13H16ClN3O/c1-18-7-5-13(3-4-13)9-17-12-11(14)10(8-15)2-6-16-12/h2,6H,3-5,7,9H2,1H3,(H,16,17). The minimum Gasteiger partial charge on any atom is -0.385 e. The van der Waals surface area contributed by atoms with Gasteiger partial charge in [0.05, 0.1) is 5.56 Å². The lowest BCUT2D eigenvalue weighted by molar-refractivity contribution is 0.175. The number of pyridine rings is 1. The first-order chi connectivity index (χ1) is 8.71. The molecule has 2 rings (SSSR count). The van der Waals surface area contributed by atoms with Crippen LogP contribution in [-0.2, 0) is 4.74 Å². The van der Waals surface area contributed by atoms with E-state index >= 15 is 0 Å². The Labute approximate surface area is 112 Å². The van der Waals surface area contributed by atoms with Crippen LogP contribution in [0.2, 0.25) is 5.02 Å². The second kappa shape index (κ2) is 5.55. The molecule has 1 aliphatic carbocycles. The normalized spacial score (nSPS) is 16.1. The number of rotatable bonds is 6. The molecule has 1 aliphatic rings. The fourth-order valence-corrected chi connectivity index (χ4v) is 2.16. The van der Waals surface area contributed by atoms with E-state index in [2.05, 4.69) is 16.4 Å². The Bertz CT molecular complexity index is 466. The first-order valence-corrected chi connectivity index (χ1v) is 6.36. The maximum absolute atomic E-state index is 8.89. The highest BCUT2D eigenvalue weighted by molar-refractivity contribution is 6.34. The zero-order valence-corrected chi connectivity index (χ0v) is 11.1. The SMILES string of the molecule is COCCC1(CNc2nccc(C#N)c2Cl)CC1. The molecule has 1 aromatic rings. The lowest BCUT2D eigenvalue weighted by Gasteiger charge is -2.16. The molecule has 0 saturated heterocycles. The quantitative estimate of drug-likeness (QED) is 0.859. The van der Waals surface area contributed by atoms with Crippen LogP contribution < -0.4 is 5.32 Å². The van der Waals surface area contributed by atoms with Gasteiger partial charge in [-0.2, -0.15) is 5.26 Å². The average molecular weight is 266 g/mol. The predicted octanol–water partition coefficient (Wildman–Crippen LogP) is 2.84. The summed E-state index contributed by atoms with van der Waals surface area (Å²) in [5.74, 6) is 0.597. The number of hydrogen-bond acceptors (Lipinski definition) is 4. The maximum atomic E-state index is 8.89. The Balaban J connectivity index is 1.97. The van der Waals surface area contributed by atoms with Gasteiger partial charge in [-0.3, -0.25) is 0 Å². The minimum absolute atomic E-state index is 0.323. The molecule has 4 nitrogen and oxygen atoms in total. The summed E-state index contributed by atoms with van der Waals surface area (Å²) >= 11 is 6.09. The molecule has 18 heavy (non-hydrogen) atoms. The molecule has 1 N–H and O–H groups in total. The summed E-state index contributed by atoms with van der Waals surface area (Å²) in [7, 11) is 1.72. The van der Waals surface area contributed by atoms with Gasteiger partial charge in [0.15, 0.2) is 0 Å². The number of hydrogen-bond donors (Lipinski definition) is 1. The van der Waals surface area contributed by atoms with E-state index in [0.29, 0.717) is 21.8 Å². The van der Waals surface area contributed by atoms with Crippen LogP contribution in [0.5, 0.6) is 0 Å². The molecular weight excluding hydrogens is 250 g/mol. The van der Waals surface area contributed by atoms with Crippen molar-refractivity contribution in [2.45, 2.75) is 19.3 Å². The number of nitriles is 1. The van der Waals surface area contributed by atoms with Gasteiger partial charge >= 0.3 is 0 Å². The summed E-state index contributed by atoms with van der Waals surface area (Å²) in [5, 5.41) is 12.5. The number of aromatic nitrogens is 1. The predicted molar refractivity (Wildman–Crippen MR) is 70.6 cm³/mol. The summed E-state index contributed by atoms with van der Waals surface area (Å²) < 4.78 is 5.12. The molecule has 0 aliphatic heterocycles. The van der Waals surface area contributed by atoms with Crippen LogP contribution in [0.25, 0.3) is 0 Å². The molecule has 0 unspecified atom stereocenters. The summed E-state index contributed by atoms with van der Waals surface area (Å²) in [6.07, 6.45) is 5.06. The number of anilines is 1. The Morgan fingerprint density at radius 2 is 2.39 bits per heavy atom. The molecule has 0 spiro atoms. The zero-order chi connectivity index (χ0) is 13.0. The van der Waals surface area contributed by atoms with Crippen LogP contribution >= 0.6 is 11.6 Å². The van der Waals surface area contributed by atoms with Crippen LogP contribution in [0, 0.1) is 16.7 Å². The minimum atomic E-state index is 0.323. The molecule has 1 saturated carbocycles. The zero-order valence-electron chi connectivity index (χ0n) is 10.4. The van der Waals surface area contributed by atoms with Gasteiger partial charge in [-0.15, -0.1) is 0 Å². The number of halogens is 1. The van der Waals surface area contributed by atoms with E-state index in [1.54, 1.807) is 19.4 Å². The molecule has 1 aromatic heterocycles. The van der Waals surface area contributed by atoms with Gasteiger partial charge in [0.1, 0.15) is 16.9 Å². The van der Waals surface area contributed by atoms with E-state index in [-0.39, 0.29) is 0 Å². The van der Waals surface area contributed by atoms with E-state index in [9.17, 15) is 0 Å². The highest BCUT2D eigenvalue weighted by Crippen LogP contribution is 2.48. The van der Waals surface area contributed by atoms with Crippen LogP contribution in [0.3, 0.4) is 0 Å². The molecule has 0 aromatic carbocycles. The van der Waals surface area contributed by atoms with Crippen molar-refractivity contribution in [1.29, 1.82) is 5.26 Å². The molecule has 1 fully saturated rings. The third kappa shape index (κ3) is 2.92. The Morgan fingerprint density at radius 3 is 3.00 bits per heavy atom. The maximum Gasteiger partial charge on any atom is 0.146 e. The second-order valence-electron chi connectivity index (χ2n) is 4.73. The molecule has 0 radical (unpaired) electrons. The van der Waals surface area contributed by atoms with E-state index < -0.39 is 0 Å². The van der Waals surface area contributed by atoms with Crippen molar-refractivity contribution in [1.82, 2.24) is 4.98 Å². The van der Waals surface area contributed by atoms with Crippen LogP contribution in [0.4, 0.5) is 5.82 Å². The molecular formula is C13H16ClN3O. The lowest BCUT2D eigenvalue weighted by Crippen LogP contribution is -2.18. The Hall–Kier alpha value is -1.31. The third-order valence-electron chi connectivity index (χ3n) is 3.43. The van der Waals surface area contributed by atoms with E-state index in [1.165, 1.54) is 12.8 Å². The van der Waals surface area contributed by atoms with E-state index in [0.717, 1.165) is 19.6 Å². The molecule has 0 atom stereocenters. The monoisotopic (exact) mass is 265 g/mol. The summed E-state index contributed by atoms with van der Waals surface area (Å²) in [6.45, 7) is 1.61. The van der Waals surface area contributed by atoms with Crippen molar-refractivity contribution in [2.75, 3.05) is 25.6 Å². The summed E-state index contributed by atoms with van der Waals surface area (Å²) in [4.78, 5) is 4.17. The molecule has 0 amide bonds. The van der Waals surface area contributed by atoms with E-state index in [4.69, 9.17) is 21.6 Å². The Morgan fingerprint density at radius 1 is 1.61 bits per heavy atom. The summed E-state index contributed by atoms with van der Waals surface area (Å²) in [5.41, 5.74) is 0.778. The largest absolute Gasteiger partial charge is 0.385 e. The fourth-order valence-electron chi connectivity index (χ4n) is 1.94. The van der Waals surface area contributed by atoms with Crippen molar-refractivity contribution < 1.29 is 4.74 Å². The van der Waals surface area contributed by atoms with Gasteiger partial charge < -0.3 is 10.1 Å². The van der Waals surface area contributed by atoms with Gasteiger partial charge in [-0.1, -0.05) is 11.6 Å². The number of nitrogens with one attached hydrogen (secondary N) is 1. The van der Waals surface area contributed by atoms with Crippen molar-refractivity contribution >= 4 is 17.4 Å². The lowest BCUT2D eigenvalue weighted by atomic mass is 10.0. The van der Waals surface area contributed by atoms with Crippen molar-refractivity contribution in [3.63, 3.8) is 0 Å². The van der Waals surface area contributed by atoms with Gasteiger partial charge in [0.25, 0.3) is 0 Å². The smallest absolute Gasteiger partial charge is 0.146 e. The van der Waals surface area contributed by atoms with E-state index in [1.807, 2.05) is 0 Å². The molecule has 5 heteroatoms. The average Bonchev–Trinajstić information content (AvgIpc) is 3.16. The van der Waals surface area contributed by atoms with Gasteiger partial charge in [0, 0.05) is 26.5 Å². The molecule has 96 valence electrons. The van der Waals surface area contributed by atoms with Gasteiger partial charge in [0.2, 0.25) is 0 Å². The highest BCUT2D eigenvalue weighted by Gasteiger charge is 2.41. The van der Waals surface area contributed by atoms with Crippen LogP contribution in [0.1, 0.15) is 24.8 Å². The first-order valence-electron chi connectivity index (χ1n) is 5.98. The van der Waals surface area contributed by atoms with Crippen LogP contribution in [0.15, 0.2) is 12.3 Å². The topological polar surface area (TPSA) is 57.9 Å². The third-order valence-corrected chi connectivity index (χ3v) is 3.82. The number of methoxy groups -OCH3 is 1. The highest BCUT2D eigenvalue weighted by atomic mass is 35.5. The van der Waals surface area contributed by atoms with Crippen molar-refractivity contribution in [3.8, 4) is 6.07 Å². The Kier molecular flexibility index (Phi) is 4.05. The van der Waals surface area contributed by atoms with Crippen molar-refractivity contribution in [3.05, 3.63) is 22.8 Å². The first kappa shape index (κ1) is 13.1. The van der Waals surface area contributed by atoms with Crippen LogP contribution in [-0.4, -0.2) is 25.2 Å².